The minimum absolute atomic E-state index is 0.0427. The largest absolute Gasteiger partial charge is 0.464 e. The highest BCUT2D eigenvalue weighted by Gasteiger charge is 2.30. The summed E-state index contributed by atoms with van der Waals surface area (Å²) in [5.74, 6) is -0.0427. The molecule has 110 valence electrons. The summed E-state index contributed by atoms with van der Waals surface area (Å²) in [6, 6.07) is 6.90. The molecule has 1 aromatic heterocycles. The summed E-state index contributed by atoms with van der Waals surface area (Å²) < 4.78 is 5.41. The molecule has 1 aromatic carbocycles. The Labute approximate surface area is 122 Å². The van der Waals surface area contributed by atoms with E-state index in [0.29, 0.717) is 19.5 Å². The first-order chi connectivity index (χ1) is 10.1. The second-order valence-electron chi connectivity index (χ2n) is 5.19. The second-order valence-corrected chi connectivity index (χ2v) is 5.19. The van der Waals surface area contributed by atoms with Crippen molar-refractivity contribution in [3.63, 3.8) is 0 Å². The third-order valence-corrected chi connectivity index (χ3v) is 3.73. The van der Waals surface area contributed by atoms with Gasteiger partial charge in [-0.15, -0.1) is 0 Å². The van der Waals surface area contributed by atoms with Crippen LogP contribution in [0.3, 0.4) is 0 Å². The molecule has 2 aromatic rings. The summed E-state index contributed by atoms with van der Waals surface area (Å²) in [6.07, 6.45) is 2.29. The third kappa shape index (κ3) is 2.69. The van der Waals surface area contributed by atoms with E-state index < -0.39 is 6.04 Å². The SMILES string of the molecule is CN1CCC(NC(=O)NCc2coc3ccccc23)C1=O. The predicted molar refractivity (Wildman–Crippen MR) is 77.6 cm³/mol. The number of benzene rings is 1. The van der Waals surface area contributed by atoms with Crippen LogP contribution in [0.25, 0.3) is 11.0 Å². The van der Waals surface area contributed by atoms with E-state index in [9.17, 15) is 9.59 Å². The Hall–Kier alpha value is -2.50. The number of fused-ring (bicyclic) bond motifs is 1. The molecule has 0 saturated carbocycles. The molecule has 1 saturated heterocycles. The number of para-hydroxylation sites is 1. The van der Waals surface area contributed by atoms with Crippen molar-refractivity contribution in [1.29, 1.82) is 0 Å². The van der Waals surface area contributed by atoms with Gasteiger partial charge in [0.05, 0.1) is 6.26 Å². The van der Waals surface area contributed by atoms with Gasteiger partial charge in [-0.25, -0.2) is 4.79 Å². The lowest BCUT2D eigenvalue weighted by molar-refractivity contribution is -0.128. The third-order valence-electron chi connectivity index (χ3n) is 3.73. The molecule has 1 aliphatic heterocycles. The molecule has 1 unspecified atom stereocenters. The number of urea groups is 1. The molecule has 6 nitrogen and oxygen atoms in total. The van der Waals surface area contributed by atoms with Crippen LogP contribution in [0.1, 0.15) is 12.0 Å². The Bertz CT molecular complexity index is 680. The van der Waals surface area contributed by atoms with Crippen LogP contribution in [0.5, 0.6) is 0 Å². The van der Waals surface area contributed by atoms with E-state index in [4.69, 9.17) is 4.42 Å². The van der Waals surface area contributed by atoms with Gasteiger partial charge >= 0.3 is 6.03 Å². The number of furan rings is 1. The summed E-state index contributed by atoms with van der Waals surface area (Å²) in [4.78, 5) is 25.2. The maximum absolute atomic E-state index is 11.9. The van der Waals surface area contributed by atoms with E-state index in [1.165, 1.54) is 0 Å². The van der Waals surface area contributed by atoms with E-state index in [-0.39, 0.29) is 11.9 Å². The van der Waals surface area contributed by atoms with Crippen LogP contribution in [0, 0.1) is 0 Å². The van der Waals surface area contributed by atoms with Crippen molar-refractivity contribution in [2.75, 3.05) is 13.6 Å². The zero-order chi connectivity index (χ0) is 14.8. The lowest BCUT2D eigenvalue weighted by Crippen LogP contribution is -2.45. The molecule has 1 atom stereocenters. The Morgan fingerprint density at radius 3 is 3.00 bits per heavy atom. The smallest absolute Gasteiger partial charge is 0.315 e. The van der Waals surface area contributed by atoms with Crippen molar-refractivity contribution >= 4 is 22.9 Å². The fourth-order valence-electron chi connectivity index (χ4n) is 2.51. The van der Waals surface area contributed by atoms with Gasteiger partial charge in [0, 0.05) is 31.1 Å². The molecule has 0 spiro atoms. The summed E-state index contributed by atoms with van der Waals surface area (Å²) in [6.45, 7) is 1.04. The van der Waals surface area contributed by atoms with Crippen molar-refractivity contribution < 1.29 is 14.0 Å². The maximum Gasteiger partial charge on any atom is 0.315 e. The highest BCUT2D eigenvalue weighted by Crippen LogP contribution is 2.20. The topological polar surface area (TPSA) is 74.6 Å². The molecule has 0 aliphatic carbocycles. The number of nitrogens with one attached hydrogen (secondary N) is 2. The molecule has 1 fully saturated rings. The van der Waals surface area contributed by atoms with Gasteiger partial charge < -0.3 is 20.0 Å². The normalized spacial score (nSPS) is 18.2. The first kappa shape index (κ1) is 13.5. The average molecular weight is 287 g/mol. The van der Waals surface area contributed by atoms with Gasteiger partial charge in [0.2, 0.25) is 5.91 Å². The first-order valence-electron chi connectivity index (χ1n) is 6.89. The van der Waals surface area contributed by atoms with E-state index in [0.717, 1.165) is 16.5 Å². The molecule has 0 radical (unpaired) electrons. The summed E-state index contributed by atoms with van der Waals surface area (Å²) in [5, 5.41) is 6.44. The van der Waals surface area contributed by atoms with Gasteiger partial charge in [-0.05, 0) is 12.5 Å². The number of likely N-dealkylation sites (N-methyl/N-ethyl adjacent to an activating group) is 1. The Morgan fingerprint density at radius 2 is 2.24 bits per heavy atom. The number of carbonyl (C=O) groups excluding carboxylic acids is 2. The second kappa shape index (κ2) is 5.47. The van der Waals surface area contributed by atoms with Crippen LogP contribution in [0.2, 0.25) is 0 Å². The van der Waals surface area contributed by atoms with Gasteiger partial charge in [0.15, 0.2) is 0 Å². The lowest BCUT2D eigenvalue weighted by Gasteiger charge is -2.12. The highest BCUT2D eigenvalue weighted by molar-refractivity contribution is 5.88. The lowest BCUT2D eigenvalue weighted by atomic mass is 10.2. The van der Waals surface area contributed by atoms with Gasteiger partial charge in [0.25, 0.3) is 0 Å². The number of rotatable bonds is 3. The summed E-state index contributed by atoms with van der Waals surface area (Å²) in [5.41, 5.74) is 1.71. The Morgan fingerprint density at radius 1 is 1.43 bits per heavy atom. The van der Waals surface area contributed by atoms with Crippen molar-refractivity contribution in [3.8, 4) is 0 Å². The zero-order valence-corrected chi connectivity index (χ0v) is 11.8. The summed E-state index contributed by atoms with van der Waals surface area (Å²) >= 11 is 0. The van der Waals surface area contributed by atoms with Gasteiger partial charge in [-0.3, -0.25) is 4.79 Å². The number of carbonyl (C=O) groups is 2. The van der Waals surface area contributed by atoms with Crippen LogP contribution in [0.4, 0.5) is 4.79 Å². The molecule has 1 aliphatic rings. The number of hydrogen-bond acceptors (Lipinski definition) is 3. The quantitative estimate of drug-likeness (QED) is 0.897. The maximum atomic E-state index is 11.9. The number of nitrogens with zero attached hydrogens (tertiary/aromatic N) is 1. The molecular weight excluding hydrogens is 270 g/mol. The van der Waals surface area contributed by atoms with E-state index in [1.54, 1.807) is 18.2 Å². The van der Waals surface area contributed by atoms with Gasteiger partial charge in [-0.1, -0.05) is 18.2 Å². The molecule has 6 heteroatoms. The first-order valence-corrected chi connectivity index (χ1v) is 6.89. The van der Waals surface area contributed by atoms with Crippen LogP contribution in [-0.2, 0) is 11.3 Å². The van der Waals surface area contributed by atoms with E-state index in [1.807, 2.05) is 24.3 Å². The van der Waals surface area contributed by atoms with Crippen LogP contribution in [0.15, 0.2) is 34.9 Å². The molecule has 21 heavy (non-hydrogen) atoms. The molecule has 3 amide bonds. The monoisotopic (exact) mass is 287 g/mol. The predicted octanol–water partition coefficient (Wildman–Crippen LogP) is 1.46. The highest BCUT2D eigenvalue weighted by atomic mass is 16.3. The van der Waals surface area contributed by atoms with Crippen LogP contribution >= 0.6 is 0 Å². The van der Waals surface area contributed by atoms with Crippen molar-refractivity contribution in [2.45, 2.75) is 19.0 Å². The fraction of sp³-hybridized carbons (Fsp3) is 0.333. The van der Waals surface area contributed by atoms with Crippen molar-refractivity contribution in [2.24, 2.45) is 0 Å². The van der Waals surface area contributed by atoms with Crippen molar-refractivity contribution in [1.82, 2.24) is 15.5 Å². The fourth-order valence-corrected chi connectivity index (χ4v) is 2.51. The van der Waals surface area contributed by atoms with Gasteiger partial charge in [-0.2, -0.15) is 0 Å². The van der Waals surface area contributed by atoms with Crippen LogP contribution in [-0.4, -0.2) is 36.5 Å². The zero-order valence-electron chi connectivity index (χ0n) is 11.8. The summed E-state index contributed by atoms with van der Waals surface area (Å²) in [7, 11) is 1.74. The molecule has 2 heterocycles. The van der Waals surface area contributed by atoms with Crippen LogP contribution < -0.4 is 10.6 Å². The molecule has 3 rings (SSSR count). The van der Waals surface area contributed by atoms with Crippen molar-refractivity contribution in [3.05, 3.63) is 36.1 Å². The molecular formula is C15H17N3O3. The standard InChI is InChI=1S/C15H17N3O3/c1-18-7-6-12(14(18)19)17-15(20)16-8-10-9-21-13-5-3-2-4-11(10)13/h2-5,9,12H,6-8H2,1H3,(H2,16,17,20). The number of amides is 3. The number of likely N-dealkylation sites (tertiary alicyclic amines) is 1. The molecule has 0 bridgehead atoms. The van der Waals surface area contributed by atoms with Gasteiger partial charge in [0.1, 0.15) is 11.6 Å². The Kier molecular flexibility index (Phi) is 3.51. The minimum atomic E-state index is -0.420. The number of hydrogen-bond donors (Lipinski definition) is 2. The Balaban J connectivity index is 1.58. The van der Waals surface area contributed by atoms with E-state index in [2.05, 4.69) is 10.6 Å². The molecule has 2 N–H and O–H groups in total. The average Bonchev–Trinajstić information content (AvgIpc) is 3.04. The van der Waals surface area contributed by atoms with E-state index >= 15 is 0 Å². The minimum Gasteiger partial charge on any atom is -0.464 e.